The van der Waals surface area contributed by atoms with Crippen LogP contribution in [0.4, 0.5) is 0 Å². The molecular weight excluding hydrogens is 340 g/mol. The summed E-state index contributed by atoms with van der Waals surface area (Å²) >= 11 is 8.52. The molecule has 2 N–H and O–H groups in total. The quantitative estimate of drug-likeness (QED) is 0.528. The second kappa shape index (κ2) is 5.58. The average molecular weight is 352 g/mol. The SMILES string of the molecule is O=C1N=C(c2ccc(S)cc2)c2c(O)[nH]c(-c3ccc(S)cc3)c21. The lowest BCUT2D eigenvalue weighted by atomic mass is 10.0. The Kier molecular flexibility index (Phi) is 3.51. The predicted octanol–water partition coefficient (Wildman–Crippen LogP) is 3.96. The van der Waals surface area contributed by atoms with Gasteiger partial charge in [-0.25, -0.2) is 4.99 Å². The van der Waals surface area contributed by atoms with E-state index in [0.717, 1.165) is 20.9 Å². The highest BCUT2D eigenvalue weighted by molar-refractivity contribution is 7.80. The first-order valence-electron chi connectivity index (χ1n) is 7.21. The third-order valence-electron chi connectivity index (χ3n) is 3.94. The lowest BCUT2D eigenvalue weighted by Crippen LogP contribution is -1.99. The first-order chi connectivity index (χ1) is 11.5. The number of fused-ring (bicyclic) bond motifs is 1. The molecular formula is C18H12N2O2S2. The molecule has 2 aromatic carbocycles. The van der Waals surface area contributed by atoms with E-state index in [1.165, 1.54) is 0 Å². The molecule has 0 bridgehead atoms. The third kappa shape index (κ3) is 2.35. The number of aromatic nitrogens is 1. The number of aromatic hydroxyl groups is 1. The van der Waals surface area contributed by atoms with Gasteiger partial charge in [0.25, 0.3) is 5.91 Å². The Labute approximate surface area is 149 Å². The Bertz CT molecular complexity index is 987. The van der Waals surface area contributed by atoms with Crippen molar-refractivity contribution in [3.8, 4) is 17.1 Å². The van der Waals surface area contributed by atoms with E-state index < -0.39 is 0 Å². The zero-order chi connectivity index (χ0) is 16.8. The Morgan fingerprint density at radius 3 is 1.96 bits per heavy atom. The molecule has 4 nitrogen and oxygen atoms in total. The highest BCUT2D eigenvalue weighted by Crippen LogP contribution is 2.38. The van der Waals surface area contributed by atoms with E-state index in [0.29, 0.717) is 22.5 Å². The summed E-state index contributed by atoms with van der Waals surface area (Å²) in [6, 6.07) is 14.6. The Balaban J connectivity index is 1.87. The number of rotatable bonds is 2. The zero-order valence-electron chi connectivity index (χ0n) is 12.3. The molecule has 0 unspecified atom stereocenters. The smallest absolute Gasteiger partial charge is 0.280 e. The normalized spacial score (nSPS) is 13.1. The lowest BCUT2D eigenvalue weighted by Gasteiger charge is -2.01. The molecule has 118 valence electrons. The molecule has 0 spiro atoms. The number of thiol groups is 2. The monoisotopic (exact) mass is 352 g/mol. The maximum atomic E-state index is 12.4. The highest BCUT2D eigenvalue weighted by Gasteiger charge is 2.33. The third-order valence-corrected chi connectivity index (χ3v) is 4.54. The van der Waals surface area contributed by atoms with Crippen molar-refractivity contribution in [1.82, 2.24) is 4.98 Å². The van der Waals surface area contributed by atoms with Crippen LogP contribution in [0.1, 0.15) is 21.5 Å². The summed E-state index contributed by atoms with van der Waals surface area (Å²) in [6.45, 7) is 0. The van der Waals surface area contributed by atoms with Crippen molar-refractivity contribution >= 4 is 36.9 Å². The van der Waals surface area contributed by atoms with Crippen LogP contribution < -0.4 is 0 Å². The fourth-order valence-electron chi connectivity index (χ4n) is 2.82. The molecule has 0 saturated carbocycles. The van der Waals surface area contributed by atoms with Crippen molar-refractivity contribution in [2.75, 3.05) is 0 Å². The van der Waals surface area contributed by atoms with E-state index in [2.05, 4.69) is 35.2 Å². The van der Waals surface area contributed by atoms with Crippen molar-refractivity contribution in [2.45, 2.75) is 9.79 Å². The first kappa shape index (κ1) is 15.1. The van der Waals surface area contributed by atoms with Crippen molar-refractivity contribution < 1.29 is 9.90 Å². The summed E-state index contributed by atoms with van der Waals surface area (Å²) in [4.78, 5) is 21.1. The van der Waals surface area contributed by atoms with E-state index >= 15 is 0 Å². The number of benzene rings is 2. The number of H-pyrrole nitrogens is 1. The van der Waals surface area contributed by atoms with Crippen molar-refractivity contribution in [1.29, 1.82) is 0 Å². The number of hydrogen-bond donors (Lipinski definition) is 4. The maximum absolute atomic E-state index is 12.4. The summed E-state index contributed by atoms with van der Waals surface area (Å²) in [6.07, 6.45) is 0. The minimum absolute atomic E-state index is 0.0606. The van der Waals surface area contributed by atoms with Crippen molar-refractivity contribution in [3.63, 3.8) is 0 Å². The lowest BCUT2D eigenvalue weighted by molar-refractivity contribution is 0.101. The molecule has 24 heavy (non-hydrogen) atoms. The summed E-state index contributed by atoms with van der Waals surface area (Å²) in [7, 11) is 0. The topological polar surface area (TPSA) is 65.4 Å². The number of aromatic amines is 1. The standard InChI is InChI=1S/C18H12N2O2S2/c21-17-13-14(16(20-17)10-3-7-12(24)8-4-10)18(22)19-15(13)9-1-5-11(23)6-2-9/h1-8,19,22-24H. The Morgan fingerprint density at radius 1 is 0.833 bits per heavy atom. The van der Waals surface area contributed by atoms with Crippen LogP contribution in [0.5, 0.6) is 5.88 Å². The molecule has 0 fully saturated rings. The number of nitrogens with zero attached hydrogens (tertiary/aromatic N) is 1. The van der Waals surface area contributed by atoms with E-state index in [4.69, 9.17) is 0 Å². The molecule has 6 heteroatoms. The molecule has 0 saturated heterocycles. The van der Waals surface area contributed by atoms with E-state index in [9.17, 15) is 9.90 Å². The number of carbonyl (C=O) groups excluding carboxylic acids is 1. The van der Waals surface area contributed by atoms with E-state index in [1.807, 2.05) is 48.5 Å². The van der Waals surface area contributed by atoms with Gasteiger partial charge in [0.05, 0.1) is 22.5 Å². The minimum atomic E-state index is -0.364. The minimum Gasteiger partial charge on any atom is -0.494 e. The number of hydrogen-bond acceptors (Lipinski definition) is 4. The summed E-state index contributed by atoms with van der Waals surface area (Å²) < 4.78 is 0. The maximum Gasteiger partial charge on any atom is 0.280 e. The van der Waals surface area contributed by atoms with Crippen LogP contribution >= 0.6 is 25.3 Å². The van der Waals surface area contributed by atoms with Gasteiger partial charge in [0.2, 0.25) is 0 Å². The van der Waals surface area contributed by atoms with Crippen molar-refractivity contribution in [2.24, 2.45) is 4.99 Å². The van der Waals surface area contributed by atoms with Gasteiger partial charge < -0.3 is 10.1 Å². The van der Waals surface area contributed by atoms with Crippen LogP contribution in [0.2, 0.25) is 0 Å². The molecule has 0 aliphatic carbocycles. The molecule has 1 amide bonds. The molecule has 4 rings (SSSR count). The first-order valence-corrected chi connectivity index (χ1v) is 8.11. The number of amides is 1. The molecule has 1 aliphatic rings. The van der Waals surface area contributed by atoms with Gasteiger partial charge in [0.1, 0.15) is 0 Å². The molecule has 3 aromatic rings. The molecule has 0 atom stereocenters. The van der Waals surface area contributed by atoms with Gasteiger partial charge in [-0.3, -0.25) is 4.79 Å². The molecule has 1 aliphatic heterocycles. The summed E-state index contributed by atoms with van der Waals surface area (Å²) in [5.74, 6) is -0.425. The second-order valence-electron chi connectivity index (χ2n) is 5.46. The fraction of sp³-hybridized carbons (Fsp3) is 0. The van der Waals surface area contributed by atoms with E-state index in [1.54, 1.807) is 0 Å². The van der Waals surface area contributed by atoms with Crippen LogP contribution in [0, 0.1) is 0 Å². The number of aliphatic imine (C=N–C) groups is 1. The van der Waals surface area contributed by atoms with Crippen molar-refractivity contribution in [3.05, 3.63) is 65.2 Å². The van der Waals surface area contributed by atoms with E-state index in [-0.39, 0.29) is 11.8 Å². The molecule has 1 aromatic heterocycles. The number of carbonyl (C=O) groups is 1. The predicted molar refractivity (Wildman–Crippen MR) is 98.8 cm³/mol. The molecule has 2 heterocycles. The van der Waals surface area contributed by atoms with Gasteiger partial charge in [-0.2, -0.15) is 0 Å². The van der Waals surface area contributed by atoms with Crippen LogP contribution in [0.15, 0.2) is 63.3 Å². The zero-order valence-corrected chi connectivity index (χ0v) is 14.1. The Morgan fingerprint density at radius 2 is 1.38 bits per heavy atom. The Hall–Kier alpha value is -2.44. The largest absolute Gasteiger partial charge is 0.494 e. The summed E-state index contributed by atoms with van der Waals surface area (Å²) in [5, 5.41) is 10.4. The highest BCUT2D eigenvalue weighted by atomic mass is 32.1. The molecule has 0 radical (unpaired) electrons. The van der Waals surface area contributed by atoms with Gasteiger partial charge in [0, 0.05) is 15.4 Å². The van der Waals surface area contributed by atoms with Crippen LogP contribution in [-0.4, -0.2) is 21.7 Å². The second-order valence-corrected chi connectivity index (χ2v) is 6.49. The number of nitrogens with one attached hydrogen (secondary N) is 1. The fourth-order valence-corrected chi connectivity index (χ4v) is 3.12. The van der Waals surface area contributed by atoms with Gasteiger partial charge in [-0.05, 0) is 29.8 Å². The van der Waals surface area contributed by atoms with Crippen LogP contribution in [0.25, 0.3) is 11.3 Å². The average Bonchev–Trinajstić information content (AvgIpc) is 3.08. The summed E-state index contributed by atoms with van der Waals surface area (Å²) in [5.41, 5.74) is 3.41. The van der Waals surface area contributed by atoms with Gasteiger partial charge >= 0.3 is 0 Å². The van der Waals surface area contributed by atoms with Gasteiger partial charge in [0.15, 0.2) is 5.88 Å². The van der Waals surface area contributed by atoms with Crippen LogP contribution in [0.3, 0.4) is 0 Å². The van der Waals surface area contributed by atoms with Gasteiger partial charge in [-0.1, -0.05) is 24.3 Å². The van der Waals surface area contributed by atoms with Crippen LogP contribution in [-0.2, 0) is 0 Å². The van der Waals surface area contributed by atoms with Gasteiger partial charge in [-0.15, -0.1) is 25.3 Å².